The van der Waals surface area contributed by atoms with E-state index in [0.29, 0.717) is 10.1 Å². The number of thiocarbonyl (C=S) groups is 1. The van der Waals surface area contributed by atoms with Crippen LogP contribution in [0.3, 0.4) is 0 Å². The Morgan fingerprint density at radius 3 is 2.42 bits per heavy atom. The highest BCUT2D eigenvalue weighted by molar-refractivity contribution is 7.80. The predicted octanol–water partition coefficient (Wildman–Crippen LogP) is 5.27. The summed E-state index contributed by atoms with van der Waals surface area (Å²) in [7, 11) is 0. The normalized spacial score (nSPS) is 31.8. The molecular formula is C20H23ClN4S. The fourth-order valence-electron chi connectivity index (χ4n) is 5.85. The molecule has 0 aliphatic heterocycles. The smallest absolute Gasteiger partial charge is 0.176 e. The van der Waals surface area contributed by atoms with Gasteiger partial charge in [0.1, 0.15) is 0 Å². The van der Waals surface area contributed by atoms with Gasteiger partial charge in [-0.15, -0.1) is 0 Å². The van der Waals surface area contributed by atoms with Gasteiger partial charge in [0.2, 0.25) is 0 Å². The molecule has 0 unspecified atom stereocenters. The van der Waals surface area contributed by atoms with Gasteiger partial charge >= 0.3 is 0 Å². The van der Waals surface area contributed by atoms with Crippen LogP contribution in [-0.2, 0) is 5.54 Å². The maximum absolute atomic E-state index is 6.02. The Morgan fingerprint density at radius 2 is 1.77 bits per heavy atom. The minimum Gasteiger partial charge on any atom is -0.332 e. The number of hydrogen-bond acceptors (Lipinski definition) is 2. The lowest BCUT2D eigenvalue weighted by molar-refractivity contribution is -0.0492. The fourth-order valence-corrected chi connectivity index (χ4v) is 6.26. The van der Waals surface area contributed by atoms with E-state index in [2.05, 4.69) is 21.5 Å². The van der Waals surface area contributed by atoms with Crippen molar-refractivity contribution in [3.8, 4) is 0 Å². The van der Waals surface area contributed by atoms with Crippen LogP contribution in [0.5, 0.6) is 0 Å². The highest BCUT2D eigenvalue weighted by atomic mass is 35.5. The van der Waals surface area contributed by atoms with Crippen LogP contribution in [0.15, 0.2) is 36.5 Å². The summed E-state index contributed by atoms with van der Waals surface area (Å²) in [6.45, 7) is 0. The summed E-state index contributed by atoms with van der Waals surface area (Å²) in [5.41, 5.74) is 1.12. The summed E-state index contributed by atoms with van der Waals surface area (Å²) in [6, 6.07) is 9.56. The highest BCUT2D eigenvalue weighted by Crippen LogP contribution is 2.58. The molecular weight excluding hydrogens is 364 g/mol. The number of hydrogen-bond donors (Lipinski definition) is 2. The molecule has 4 bridgehead atoms. The van der Waals surface area contributed by atoms with Gasteiger partial charge in [0.15, 0.2) is 10.9 Å². The largest absolute Gasteiger partial charge is 0.332 e. The molecule has 136 valence electrons. The van der Waals surface area contributed by atoms with Gasteiger partial charge in [0, 0.05) is 23.0 Å². The average molecular weight is 387 g/mol. The molecule has 2 N–H and O–H groups in total. The van der Waals surface area contributed by atoms with E-state index in [1.807, 2.05) is 30.3 Å². The van der Waals surface area contributed by atoms with Gasteiger partial charge in [0.05, 0.1) is 5.54 Å². The maximum Gasteiger partial charge on any atom is 0.176 e. The minimum atomic E-state index is 0.247. The number of nitrogens with one attached hydrogen (secondary N) is 2. The second kappa shape index (κ2) is 6.24. The van der Waals surface area contributed by atoms with Crippen molar-refractivity contribution in [2.45, 2.75) is 44.1 Å². The molecule has 1 aromatic heterocycles. The number of halogens is 1. The van der Waals surface area contributed by atoms with Crippen molar-refractivity contribution in [2.24, 2.45) is 17.8 Å². The van der Waals surface area contributed by atoms with Gasteiger partial charge in [-0.2, -0.15) is 5.10 Å². The monoisotopic (exact) mass is 386 g/mol. The number of anilines is 2. The zero-order chi connectivity index (χ0) is 17.7. The Labute approximate surface area is 164 Å². The van der Waals surface area contributed by atoms with Crippen LogP contribution in [0.4, 0.5) is 11.5 Å². The van der Waals surface area contributed by atoms with Crippen LogP contribution in [0, 0.1) is 17.8 Å². The van der Waals surface area contributed by atoms with Gasteiger partial charge in [-0.3, -0.25) is 4.68 Å². The quantitative estimate of drug-likeness (QED) is 0.705. The van der Waals surface area contributed by atoms with Crippen molar-refractivity contribution in [1.29, 1.82) is 0 Å². The molecule has 6 rings (SSSR count). The van der Waals surface area contributed by atoms with Crippen molar-refractivity contribution < 1.29 is 0 Å². The first kappa shape index (κ1) is 16.6. The van der Waals surface area contributed by atoms with Crippen molar-refractivity contribution in [1.82, 2.24) is 9.78 Å². The number of aromatic nitrogens is 2. The van der Waals surface area contributed by atoms with Gasteiger partial charge in [-0.05, 0) is 86.7 Å². The molecule has 4 fully saturated rings. The third-order valence-corrected chi connectivity index (χ3v) is 6.84. The Bertz CT molecular complexity index is 811. The Balaban J connectivity index is 1.29. The zero-order valence-electron chi connectivity index (χ0n) is 14.6. The van der Waals surface area contributed by atoms with Crippen LogP contribution in [-0.4, -0.2) is 14.9 Å². The number of nitrogens with zero attached hydrogens (tertiary/aromatic N) is 2. The number of benzene rings is 1. The van der Waals surface area contributed by atoms with Crippen LogP contribution in [0.25, 0.3) is 0 Å². The first-order valence-corrected chi connectivity index (χ1v) is 10.3. The van der Waals surface area contributed by atoms with Crippen LogP contribution >= 0.6 is 23.8 Å². The third kappa shape index (κ3) is 3.01. The summed E-state index contributed by atoms with van der Waals surface area (Å²) in [4.78, 5) is 0. The van der Waals surface area contributed by atoms with E-state index in [4.69, 9.17) is 28.9 Å². The van der Waals surface area contributed by atoms with E-state index in [9.17, 15) is 0 Å². The average Bonchev–Trinajstić information content (AvgIpc) is 3.02. The fraction of sp³-hybridized carbons (Fsp3) is 0.500. The number of rotatable bonds is 3. The van der Waals surface area contributed by atoms with Gasteiger partial charge in [-0.25, -0.2) is 0 Å². The van der Waals surface area contributed by atoms with Crippen molar-refractivity contribution in [3.63, 3.8) is 0 Å². The third-order valence-electron chi connectivity index (χ3n) is 6.41. The second-order valence-corrected chi connectivity index (χ2v) is 9.22. The predicted molar refractivity (Wildman–Crippen MR) is 110 cm³/mol. The van der Waals surface area contributed by atoms with Gasteiger partial charge in [0.25, 0.3) is 0 Å². The molecule has 1 aromatic carbocycles. The van der Waals surface area contributed by atoms with Crippen LogP contribution in [0.2, 0.25) is 5.02 Å². The van der Waals surface area contributed by atoms with E-state index in [1.54, 1.807) is 0 Å². The molecule has 6 heteroatoms. The topological polar surface area (TPSA) is 41.9 Å². The molecule has 2 aromatic rings. The Morgan fingerprint density at radius 1 is 1.08 bits per heavy atom. The molecule has 4 nitrogen and oxygen atoms in total. The molecule has 0 spiro atoms. The van der Waals surface area contributed by atoms with E-state index < -0.39 is 0 Å². The summed E-state index contributed by atoms with van der Waals surface area (Å²) < 4.78 is 2.24. The molecule has 1 heterocycles. The first-order valence-electron chi connectivity index (χ1n) is 9.48. The van der Waals surface area contributed by atoms with Crippen LogP contribution < -0.4 is 10.6 Å². The summed E-state index contributed by atoms with van der Waals surface area (Å²) in [5.74, 6) is 3.53. The zero-order valence-corrected chi connectivity index (χ0v) is 16.2. The standard InChI is InChI=1S/C20H23ClN4S/c21-16-2-1-3-17(9-16)22-19(26)23-18-4-5-25(24-18)20-10-13-6-14(11-20)8-15(7-13)12-20/h1-5,9,13-15H,6-8,10-12H2,(H2,22,23,24,26). The molecule has 0 amide bonds. The van der Waals surface area contributed by atoms with E-state index in [1.165, 1.54) is 38.5 Å². The Kier molecular flexibility index (Phi) is 3.98. The first-order chi connectivity index (χ1) is 12.6. The lowest BCUT2D eigenvalue weighted by Crippen LogP contribution is -2.52. The summed E-state index contributed by atoms with van der Waals surface area (Å²) in [6.07, 6.45) is 10.4. The molecule has 0 atom stereocenters. The molecule has 4 aliphatic rings. The molecule has 4 saturated carbocycles. The molecule has 26 heavy (non-hydrogen) atoms. The maximum atomic E-state index is 6.02. The van der Waals surface area contributed by atoms with E-state index in [-0.39, 0.29) is 5.54 Å². The lowest BCUT2D eigenvalue weighted by Gasteiger charge is -2.56. The summed E-state index contributed by atoms with van der Waals surface area (Å²) >= 11 is 11.4. The van der Waals surface area contributed by atoms with Gasteiger partial charge in [-0.1, -0.05) is 17.7 Å². The van der Waals surface area contributed by atoms with Crippen LogP contribution in [0.1, 0.15) is 38.5 Å². The molecule has 4 aliphatic carbocycles. The van der Waals surface area contributed by atoms with Gasteiger partial charge < -0.3 is 10.6 Å². The second-order valence-electron chi connectivity index (χ2n) is 8.38. The molecule has 0 saturated heterocycles. The minimum absolute atomic E-state index is 0.247. The lowest BCUT2D eigenvalue weighted by atomic mass is 9.53. The van der Waals surface area contributed by atoms with Crippen molar-refractivity contribution >= 4 is 40.4 Å². The van der Waals surface area contributed by atoms with Crippen molar-refractivity contribution in [3.05, 3.63) is 41.6 Å². The van der Waals surface area contributed by atoms with Crippen molar-refractivity contribution in [2.75, 3.05) is 10.6 Å². The highest BCUT2D eigenvalue weighted by Gasteiger charge is 2.52. The molecule has 0 radical (unpaired) electrons. The SMILES string of the molecule is S=C(Nc1cccc(Cl)c1)Nc1ccn(C23CC4CC(CC(C4)C2)C3)n1. The Hall–Kier alpha value is -1.59. The van der Waals surface area contributed by atoms with E-state index in [0.717, 1.165) is 29.3 Å². The summed E-state index contributed by atoms with van der Waals surface area (Å²) in [5, 5.41) is 12.4. The van der Waals surface area contributed by atoms with E-state index >= 15 is 0 Å².